The first-order valence-electron chi connectivity index (χ1n) is 7.44. The van der Waals surface area contributed by atoms with E-state index in [4.69, 9.17) is 5.11 Å². The Kier molecular flexibility index (Phi) is 19.8. The second-order valence-electron chi connectivity index (χ2n) is 5.04. The Morgan fingerprint density at radius 2 is 1.16 bits per heavy atom. The van der Waals surface area contributed by atoms with Crippen LogP contribution in [0.3, 0.4) is 0 Å². The van der Waals surface area contributed by atoms with E-state index in [0.717, 1.165) is 19.3 Å². The van der Waals surface area contributed by atoms with Gasteiger partial charge in [0.25, 0.3) is 0 Å². The molecule has 0 saturated carbocycles. The number of aliphatic hydroxyl groups is 1. The Bertz CT molecular complexity index is 237. The maximum absolute atomic E-state index is 10.4. The van der Waals surface area contributed by atoms with Gasteiger partial charge in [-0.2, -0.15) is 0 Å². The molecule has 0 aromatic carbocycles. The summed E-state index contributed by atoms with van der Waals surface area (Å²) in [6.45, 7) is 2.24. The van der Waals surface area contributed by atoms with Crippen molar-refractivity contribution in [3.63, 3.8) is 0 Å². The van der Waals surface area contributed by atoms with Crippen molar-refractivity contribution in [2.24, 2.45) is 0 Å². The molecule has 0 saturated heterocycles. The van der Waals surface area contributed by atoms with Crippen LogP contribution in [0.5, 0.6) is 0 Å². The smallest absolute Gasteiger partial charge is 0.422 e. The zero-order chi connectivity index (χ0) is 13.6. The van der Waals surface area contributed by atoms with Crippen LogP contribution in [0, 0.1) is 0 Å². The Labute approximate surface area is 142 Å². The summed E-state index contributed by atoms with van der Waals surface area (Å²) in [6, 6.07) is 0. The van der Waals surface area contributed by atoms with Gasteiger partial charge in [0, 0.05) is 5.44 Å². The largest absolute Gasteiger partial charge is 1.00 e. The molecule has 110 valence electrons. The first kappa shape index (κ1) is 22.2. The van der Waals surface area contributed by atoms with Crippen LogP contribution >= 0.6 is 0 Å². The number of hydrogen-bond donors (Lipinski definition) is 1. The molecule has 1 unspecified atom stereocenters. The van der Waals surface area contributed by atoms with E-state index in [1.165, 1.54) is 51.4 Å². The maximum Gasteiger partial charge on any atom is 1.00 e. The van der Waals surface area contributed by atoms with Crippen LogP contribution in [-0.2, 0) is 19.1 Å². The SMILES string of the molecule is CCCCCCCCCCCCCC(O)[S-](=O)=O.[Na+]. The molecule has 0 heterocycles. The number of aliphatic hydroxyl groups excluding tert-OH is 1. The van der Waals surface area contributed by atoms with Crippen LogP contribution in [0.4, 0.5) is 0 Å². The molecule has 3 nitrogen and oxygen atoms in total. The molecule has 0 radical (unpaired) electrons. The summed E-state index contributed by atoms with van der Waals surface area (Å²) < 4.78 is 20.7. The van der Waals surface area contributed by atoms with Crippen molar-refractivity contribution >= 4 is 10.7 Å². The fraction of sp³-hybridized carbons (Fsp3) is 1.00. The second-order valence-corrected chi connectivity index (χ2v) is 6.10. The molecule has 19 heavy (non-hydrogen) atoms. The molecular weight excluding hydrogens is 271 g/mol. The Hall–Kier alpha value is 0.910. The predicted octanol–water partition coefficient (Wildman–Crippen LogP) is 1.32. The quantitative estimate of drug-likeness (QED) is 0.317. The van der Waals surface area contributed by atoms with Crippen LogP contribution in [-0.4, -0.2) is 10.5 Å². The van der Waals surface area contributed by atoms with E-state index < -0.39 is 16.1 Å². The molecule has 0 rings (SSSR count). The van der Waals surface area contributed by atoms with Crippen molar-refractivity contribution in [3.8, 4) is 0 Å². The van der Waals surface area contributed by atoms with Crippen LogP contribution in [0.25, 0.3) is 0 Å². The number of unbranched alkanes of at least 4 members (excludes halogenated alkanes) is 10. The first-order chi connectivity index (χ1) is 8.68. The van der Waals surface area contributed by atoms with Crippen LogP contribution in [0.1, 0.15) is 84.0 Å². The summed E-state index contributed by atoms with van der Waals surface area (Å²) in [6.07, 6.45) is 14.0. The zero-order valence-electron chi connectivity index (χ0n) is 12.7. The third-order valence-electron chi connectivity index (χ3n) is 3.28. The Morgan fingerprint density at radius 3 is 1.53 bits per heavy atom. The molecule has 5 heteroatoms. The van der Waals surface area contributed by atoms with Crippen molar-refractivity contribution in [1.29, 1.82) is 0 Å². The number of hydrogen-bond acceptors (Lipinski definition) is 4. The van der Waals surface area contributed by atoms with Gasteiger partial charge in [0.15, 0.2) is 0 Å². The summed E-state index contributed by atoms with van der Waals surface area (Å²) in [5, 5.41) is 9.06. The molecule has 0 aromatic rings. The van der Waals surface area contributed by atoms with Gasteiger partial charge in [-0.1, -0.05) is 77.6 Å². The third kappa shape index (κ3) is 16.9. The Morgan fingerprint density at radius 1 is 0.789 bits per heavy atom. The predicted molar refractivity (Wildman–Crippen MR) is 75.8 cm³/mol. The maximum atomic E-state index is 10.4. The van der Waals surface area contributed by atoms with E-state index >= 15 is 0 Å². The van der Waals surface area contributed by atoms with Gasteiger partial charge in [-0.3, -0.25) is 0 Å². The standard InChI is InChI=1S/C14H29O3S.Na/c1-2-3-4-5-6-7-8-9-10-11-12-13-14(15)18(16)17;/h14-15H,2-13H2,1H3;/q-1;+1. The molecule has 0 spiro atoms. The first-order valence-corrected chi connectivity index (χ1v) is 8.58. The van der Waals surface area contributed by atoms with Crippen LogP contribution in [0.15, 0.2) is 0 Å². The second kappa shape index (κ2) is 17.0. The third-order valence-corrected chi connectivity index (χ3v) is 3.96. The monoisotopic (exact) mass is 300 g/mol. The number of rotatable bonds is 13. The summed E-state index contributed by atoms with van der Waals surface area (Å²) in [5.41, 5.74) is -1.16. The van der Waals surface area contributed by atoms with Gasteiger partial charge < -0.3 is 13.5 Å². The van der Waals surface area contributed by atoms with Crippen LogP contribution < -0.4 is 29.6 Å². The Balaban J connectivity index is 0. The van der Waals surface area contributed by atoms with E-state index in [1.54, 1.807) is 0 Å². The van der Waals surface area contributed by atoms with E-state index in [-0.39, 0.29) is 29.6 Å². The molecule has 0 fully saturated rings. The van der Waals surface area contributed by atoms with Crippen molar-refractivity contribution in [3.05, 3.63) is 0 Å². The van der Waals surface area contributed by atoms with Gasteiger partial charge in [0.1, 0.15) is 0 Å². The van der Waals surface area contributed by atoms with Gasteiger partial charge in [-0.15, -0.1) is 0 Å². The van der Waals surface area contributed by atoms with E-state index in [2.05, 4.69) is 6.92 Å². The molecule has 0 aliphatic heterocycles. The van der Waals surface area contributed by atoms with Gasteiger partial charge >= 0.3 is 29.6 Å². The summed E-state index contributed by atoms with van der Waals surface area (Å²) >= 11 is 0. The van der Waals surface area contributed by atoms with E-state index in [9.17, 15) is 8.42 Å². The topological polar surface area (TPSA) is 54.4 Å². The van der Waals surface area contributed by atoms with Gasteiger partial charge in [-0.05, 0) is 17.1 Å². The molecular formula is C14H29NaO3S. The van der Waals surface area contributed by atoms with Crippen molar-refractivity contribution in [2.45, 2.75) is 89.4 Å². The van der Waals surface area contributed by atoms with E-state index in [0.29, 0.717) is 6.42 Å². The molecule has 0 aliphatic rings. The molecule has 0 aromatic heterocycles. The molecule has 1 atom stereocenters. The van der Waals surface area contributed by atoms with Gasteiger partial charge in [0.2, 0.25) is 0 Å². The average Bonchev–Trinajstić information content (AvgIpc) is 2.35. The summed E-state index contributed by atoms with van der Waals surface area (Å²) in [5.74, 6) is 0. The van der Waals surface area contributed by atoms with Gasteiger partial charge in [0.05, 0.1) is 0 Å². The molecule has 0 aliphatic carbocycles. The van der Waals surface area contributed by atoms with Crippen LogP contribution in [0.2, 0.25) is 0 Å². The molecule has 0 amide bonds. The van der Waals surface area contributed by atoms with Crippen molar-refractivity contribution in [1.82, 2.24) is 0 Å². The molecule has 0 bridgehead atoms. The fourth-order valence-electron chi connectivity index (χ4n) is 2.08. The minimum Gasteiger partial charge on any atom is -0.422 e. The van der Waals surface area contributed by atoms with Crippen molar-refractivity contribution < 1.29 is 43.1 Å². The minimum atomic E-state index is -2.32. The van der Waals surface area contributed by atoms with Gasteiger partial charge in [-0.25, -0.2) is 0 Å². The summed E-state index contributed by atoms with van der Waals surface area (Å²) in [7, 11) is -2.32. The minimum absolute atomic E-state index is 0. The van der Waals surface area contributed by atoms with E-state index in [1.807, 2.05) is 0 Å². The average molecular weight is 300 g/mol. The molecule has 1 N–H and O–H groups in total. The summed E-state index contributed by atoms with van der Waals surface area (Å²) in [4.78, 5) is 0. The zero-order valence-corrected chi connectivity index (χ0v) is 15.6. The fourth-order valence-corrected chi connectivity index (χ4v) is 2.44. The van der Waals surface area contributed by atoms with Crippen molar-refractivity contribution in [2.75, 3.05) is 0 Å². The normalized spacial score (nSPS) is 12.4.